The van der Waals surface area contributed by atoms with Crippen LogP contribution in [0.1, 0.15) is 21.6 Å². The highest BCUT2D eigenvalue weighted by Gasteiger charge is 2.31. The lowest BCUT2D eigenvalue weighted by Gasteiger charge is -2.13. The number of alkyl halides is 3. The molecule has 32 heavy (non-hydrogen) atoms. The molecule has 8 nitrogen and oxygen atoms in total. The van der Waals surface area contributed by atoms with Crippen molar-refractivity contribution in [3.8, 4) is 0 Å². The first-order chi connectivity index (χ1) is 15.1. The van der Waals surface area contributed by atoms with Crippen molar-refractivity contribution in [1.29, 1.82) is 0 Å². The van der Waals surface area contributed by atoms with Crippen LogP contribution in [0, 0.1) is 0 Å². The summed E-state index contributed by atoms with van der Waals surface area (Å²) in [4.78, 5) is 23.5. The van der Waals surface area contributed by atoms with E-state index in [0.29, 0.717) is 24.3 Å². The number of aromatic amines is 1. The van der Waals surface area contributed by atoms with Gasteiger partial charge >= 0.3 is 12.2 Å². The first-order valence-corrected chi connectivity index (χ1v) is 9.62. The number of hydrogen-bond donors (Lipinski definition) is 5. The molecule has 0 spiro atoms. The van der Waals surface area contributed by atoms with Crippen molar-refractivity contribution in [3.05, 3.63) is 70.5 Å². The summed E-state index contributed by atoms with van der Waals surface area (Å²) in [6.07, 6.45) is -2.50. The van der Waals surface area contributed by atoms with Gasteiger partial charge in [0.25, 0.3) is 5.91 Å². The molecule has 0 atom stereocenters. The van der Waals surface area contributed by atoms with E-state index in [9.17, 15) is 22.8 Å². The fraction of sp³-hybridized carbons (Fsp3) is 0.150. The van der Waals surface area contributed by atoms with Gasteiger partial charge in [0.1, 0.15) is 0 Å². The van der Waals surface area contributed by atoms with Crippen LogP contribution in [0.4, 0.5) is 35.0 Å². The van der Waals surface area contributed by atoms with Crippen molar-refractivity contribution in [3.63, 3.8) is 0 Å². The molecule has 3 rings (SSSR count). The van der Waals surface area contributed by atoms with Crippen molar-refractivity contribution in [2.45, 2.75) is 12.6 Å². The Morgan fingerprint density at radius 1 is 1.09 bits per heavy atom. The standard InChI is InChI=1S/C20H18ClF3N6O2/c21-14-5-4-12(20(22,23)24)9-15(14)29-19(32)28-13-3-1-2-11(8-13)6-7-26-16-10-27-30-17(16)18(25)31/h1-5,8-10,26H,6-7H2,(H2,25,31)(H,27,30)(H2,28,29,32). The molecule has 2 aromatic carbocycles. The Kier molecular flexibility index (Phi) is 6.89. The molecule has 1 aromatic heterocycles. The minimum Gasteiger partial charge on any atom is -0.382 e. The highest BCUT2D eigenvalue weighted by molar-refractivity contribution is 6.33. The number of H-pyrrole nitrogens is 1. The minimum absolute atomic E-state index is 0.0254. The molecule has 0 saturated heterocycles. The molecule has 0 aliphatic heterocycles. The van der Waals surface area contributed by atoms with Crippen molar-refractivity contribution in [2.75, 3.05) is 22.5 Å². The maximum atomic E-state index is 12.9. The summed E-state index contributed by atoms with van der Waals surface area (Å²) in [6, 6.07) is 8.81. The Bertz CT molecular complexity index is 1130. The van der Waals surface area contributed by atoms with Crippen LogP contribution in [0.15, 0.2) is 48.7 Å². The SMILES string of the molecule is NC(=O)c1n[nH]cc1NCCc1cccc(NC(=O)Nc2cc(C(F)(F)F)ccc2Cl)c1. The van der Waals surface area contributed by atoms with Gasteiger partial charge in [-0.1, -0.05) is 23.7 Å². The first kappa shape index (κ1) is 22.9. The highest BCUT2D eigenvalue weighted by atomic mass is 35.5. The molecule has 0 saturated carbocycles. The second-order valence-corrected chi connectivity index (χ2v) is 7.07. The first-order valence-electron chi connectivity index (χ1n) is 9.24. The smallest absolute Gasteiger partial charge is 0.382 e. The number of amides is 3. The molecule has 0 bridgehead atoms. The third-order valence-electron chi connectivity index (χ3n) is 4.33. The van der Waals surface area contributed by atoms with Gasteiger partial charge in [0.05, 0.1) is 22.0 Å². The van der Waals surface area contributed by atoms with Gasteiger partial charge in [-0.3, -0.25) is 9.89 Å². The maximum Gasteiger partial charge on any atom is 0.416 e. The predicted molar refractivity (Wildman–Crippen MR) is 115 cm³/mol. The van der Waals surface area contributed by atoms with E-state index in [-0.39, 0.29) is 16.4 Å². The largest absolute Gasteiger partial charge is 0.416 e. The number of aromatic nitrogens is 2. The summed E-state index contributed by atoms with van der Waals surface area (Å²) in [5.41, 5.74) is 6.01. The number of nitrogens with two attached hydrogens (primary N) is 1. The number of urea groups is 1. The lowest BCUT2D eigenvalue weighted by Crippen LogP contribution is -2.20. The van der Waals surface area contributed by atoms with Gasteiger partial charge in [-0.15, -0.1) is 0 Å². The Hall–Kier alpha value is -3.73. The molecule has 0 aliphatic rings. The van der Waals surface area contributed by atoms with Gasteiger partial charge in [-0.25, -0.2) is 4.79 Å². The number of benzene rings is 2. The zero-order chi connectivity index (χ0) is 23.3. The van der Waals surface area contributed by atoms with Crippen molar-refractivity contribution < 1.29 is 22.8 Å². The Morgan fingerprint density at radius 2 is 1.88 bits per heavy atom. The highest BCUT2D eigenvalue weighted by Crippen LogP contribution is 2.33. The van der Waals surface area contributed by atoms with E-state index in [1.807, 2.05) is 6.07 Å². The zero-order valence-electron chi connectivity index (χ0n) is 16.4. The summed E-state index contributed by atoms with van der Waals surface area (Å²) >= 11 is 5.90. The van der Waals surface area contributed by atoms with Crippen LogP contribution >= 0.6 is 11.6 Å². The fourth-order valence-electron chi connectivity index (χ4n) is 2.84. The molecule has 0 aliphatic carbocycles. The topological polar surface area (TPSA) is 125 Å². The Labute approximate surface area is 185 Å². The zero-order valence-corrected chi connectivity index (χ0v) is 17.1. The van der Waals surface area contributed by atoms with Crippen LogP contribution in [0.5, 0.6) is 0 Å². The van der Waals surface area contributed by atoms with Crippen LogP contribution in [0.2, 0.25) is 5.02 Å². The molecule has 168 valence electrons. The molecule has 0 radical (unpaired) electrons. The van der Waals surface area contributed by atoms with Crippen LogP contribution in [0.3, 0.4) is 0 Å². The van der Waals surface area contributed by atoms with E-state index >= 15 is 0 Å². The van der Waals surface area contributed by atoms with Crippen LogP contribution in [0.25, 0.3) is 0 Å². The van der Waals surface area contributed by atoms with E-state index in [1.165, 1.54) is 6.20 Å². The van der Waals surface area contributed by atoms with Gasteiger partial charge in [0.15, 0.2) is 5.69 Å². The number of nitrogens with one attached hydrogen (secondary N) is 4. The molecule has 1 heterocycles. The van der Waals surface area contributed by atoms with Crippen LogP contribution in [-0.4, -0.2) is 28.7 Å². The maximum absolute atomic E-state index is 12.9. The van der Waals surface area contributed by atoms with Gasteiger partial charge in [-0.05, 0) is 42.3 Å². The number of primary amides is 1. The number of rotatable bonds is 7. The average molecular weight is 467 g/mol. The van der Waals surface area contributed by atoms with Crippen molar-refractivity contribution >= 4 is 40.6 Å². The van der Waals surface area contributed by atoms with Crippen molar-refractivity contribution in [1.82, 2.24) is 10.2 Å². The number of anilines is 3. The predicted octanol–water partition coefficient (Wildman–Crippen LogP) is 4.48. The van der Waals surface area contributed by atoms with E-state index in [0.717, 1.165) is 23.8 Å². The summed E-state index contributed by atoms with van der Waals surface area (Å²) < 4.78 is 38.6. The number of hydrogen-bond acceptors (Lipinski definition) is 4. The lowest BCUT2D eigenvalue weighted by molar-refractivity contribution is -0.137. The number of carbonyl (C=O) groups is 2. The molecular weight excluding hydrogens is 449 g/mol. The van der Waals surface area contributed by atoms with Crippen LogP contribution in [-0.2, 0) is 12.6 Å². The normalized spacial score (nSPS) is 11.1. The molecule has 3 aromatic rings. The summed E-state index contributed by atoms with van der Waals surface area (Å²) in [5, 5.41) is 14.2. The average Bonchev–Trinajstić information content (AvgIpc) is 3.18. The van der Waals surface area contributed by atoms with Gasteiger partial charge in [0, 0.05) is 18.4 Å². The third kappa shape index (κ3) is 5.91. The number of nitrogens with zero attached hydrogens (tertiary/aromatic N) is 1. The van der Waals surface area contributed by atoms with E-state index in [1.54, 1.807) is 18.2 Å². The number of carbonyl (C=O) groups excluding carboxylic acids is 2. The minimum atomic E-state index is -4.56. The quantitative estimate of drug-likeness (QED) is 0.352. The van der Waals surface area contributed by atoms with E-state index in [4.69, 9.17) is 17.3 Å². The Morgan fingerprint density at radius 3 is 2.59 bits per heavy atom. The molecular formula is C20H18ClF3N6O2. The molecule has 3 amide bonds. The monoisotopic (exact) mass is 466 g/mol. The summed E-state index contributed by atoms with van der Waals surface area (Å²) in [6.45, 7) is 0.454. The Balaban J connectivity index is 1.59. The molecule has 12 heteroatoms. The number of halogens is 4. The van der Waals surface area contributed by atoms with Gasteiger partial charge in [0.2, 0.25) is 0 Å². The van der Waals surface area contributed by atoms with Crippen molar-refractivity contribution in [2.24, 2.45) is 5.73 Å². The van der Waals surface area contributed by atoms with Crippen LogP contribution < -0.4 is 21.7 Å². The van der Waals surface area contributed by atoms with Gasteiger partial charge < -0.3 is 21.7 Å². The summed E-state index contributed by atoms with van der Waals surface area (Å²) in [7, 11) is 0. The third-order valence-corrected chi connectivity index (χ3v) is 4.66. The lowest BCUT2D eigenvalue weighted by atomic mass is 10.1. The second kappa shape index (κ2) is 9.60. The second-order valence-electron chi connectivity index (χ2n) is 6.66. The molecule has 0 fully saturated rings. The van der Waals surface area contributed by atoms with Gasteiger partial charge in [-0.2, -0.15) is 18.3 Å². The van der Waals surface area contributed by atoms with E-state index < -0.39 is 23.7 Å². The van der Waals surface area contributed by atoms with E-state index in [2.05, 4.69) is 26.1 Å². The summed E-state index contributed by atoms with van der Waals surface area (Å²) in [5.74, 6) is -0.660. The molecule has 6 N–H and O–H groups in total. The fourth-order valence-corrected chi connectivity index (χ4v) is 3.01. The molecule has 0 unspecified atom stereocenters.